The summed E-state index contributed by atoms with van der Waals surface area (Å²) in [6, 6.07) is 2.21. The van der Waals surface area contributed by atoms with Crippen molar-refractivity contribution in [1.82, 2.24) is 4.98 Å². The first-order chi connectivity index (χ1) is 9.38. The zero-order valence-electron chi connectivity index (χ0n) is 11.6. The molecule has 0 saturated heterocycles. The van der Waals surface area contributed by atoms with Gasteiger partial charge in [0.25, 0.3) is 0 Å². The van der Waals surface area contributed by atoms with Gasteiger partial charge in [0, 0.05) is 13.1 Å². The standard InChI is InChI=1S/C14H20F3N3/c1-20(11-6-4-2-3-5-7-11)13-9-10(14(15,16)17)8-12(18)19-13/h8-9,11H,2-7H2,1H3,(H2,18,19). The maximum Gasteiger partial charge on any atom is 0.416 e. The lowest BCUT2D eigenvalue weighted by atomic mass is 10.1. The van der Waals surface area contributed by atoms with Crippen LogP contribution in [-0.4, -0.2) is 18.1 Å². The van der Waals surface area contributed by atoms with Gasteiger partial charge < -0.3 is 10.6 Å². The summed E-state index contributed by atoms with van der Waals surface area (Å²) in [6.45, 7) is 0. The van der Waals surface area contributed by atoms with Crippen LogP contribution in [0.25, 0.3) is 0 Å². The Labute approximate surface area is 117 Å². The predicted octanol–water partition coefficient (Wildman–Crippen LogP) is 3.84. The van der Waals surface area contributed by atoms with Gasteiger partial charge in [0.15, 0.2) is 0 Å². The van der Waals surface area contributed by atoms with Gasteiger partial charge in [-0.15, -0.1) is 0 Å². The summed E-state index contributed by atoms with van der Waals surface area (Å²) in [5.41, 5.74) is 4.78. The molecule has 0 atom stereocenters. The van der Waals surface area contributed by atoms with Crippen LogP contribution in [0.15, 0.2) is 12.1 Å². The van der Waals surface area contributed by atoms with Gasteiger partial charge in [-0.05, 0) is 25.0 Å². The molecule has 1 aliphatic rings. The normalized spacial score (nSPS) is 17.8. The minimum absolute atomic E-state index is 0.0877. The Balaban J connectivity index is 2.24. The Morgan fingerprint density at radius 1 is 1.15 bits per heavy atom. The average molecular weight is 287 g/mol. The molecule has 0 spiro atoms. The van der Waals surface area contributed by atoms with E-state index < -0.39 is 11.7 Å². The van der Waals surface area contributed by atoms with Crippen LogP contribution in [0.2, 0.25) is 0 Å². The largest absolute Gasteiger partial charge is 0.416 e. The van der Waals surface area contributed by atoms with Gasteiger partial charge in [-0.2, -0.15) is 13.2 Å². The van der Waals surface area contributed by atoms with Crippen LogP contribution < -0.4 is 10.6 Å². The smallest absolute Gasteiger partial charge is 0.384 e. The number of nitrogens with two attached hydrogens (primary N) is 1. The Morgan fingerprint density at radius 3 is 2.30 bits per heavy atom. The quantitative estimate of drug-likeness (QED) is 0.840. The topological polar surface area (TPSA) is 42.1 Å². The summed E-state index contributed by atoms with van der Waals surface area (Å²) in [7, 11) is 1.80. The minimum Gasteiger partial charge on any atom is -0.384 e. The van der Waals surface area contributed by atoms with Crippen molar-refractivity contribution in [3.05, 3.63) is 17.7 Å². The fourth-order valence-corrected chi connectivity index (χ4v) is 2.71. The molecule has 112 valence electrons. The van der Waals surface area contributed by atoms with E-state index in [1.54, 1.807) is 7.05 Å². The van der Waals surface area contributed by atoms with E-state index in [1.165, 1.54) is 12.8 Å². The second kappa shape index (κ2) is 5.89. The summed E-state index contributed by atoms with van der Waals surface area (Å²) in [4.78, 5) is 5.90. The van der Waals surface area contributed by atoms with Crippen LogP contribution in [0.5, 0.6) is 0 Å². The van der Waals surface area contributed by atoms with Crippen molar-refractivity contribution in [2.75, 3.05) is 17.7 Å². The van der Waals surface area contributed by atoms with E-state index in [1.807, 2.05) is 4.90 Å². The third kappa shape index (κ3) is 3.55. The molecule has 6 heteroatoms. The van der Waals surface area contributed by atoms with Crippen molar-refractivity contribution in [2.24, 2.45) is 0 Å². The molecular weight excluding hydrogens is 267 g/mol. The summed E-state index contributed by atoms with van der Waals surface area (Å²) < 4.78 is 38.4. The van der Waals surface area contributed by atoms with Crippen molar-refractivity contribution in [2.45, 2.75) is 50.7 Å². The number of hydrogen-bond acceptors (Lipinski definition) is 3. The highest BCUT2D eigenvalue weighted by atomic mass is 19.4. The van der Waals surface area contributed by atoms with Crippen LogP contribution in [0.4, 0.5) is 24.8 Å². The van der Waals surface area contributed by atoms with E-state index in [2.05, 4.69) is 4.98 Å². The zero-order valence-corrected chi connectivity index (χ0v) is 11.6. The number of rotatable bonds is 2. The lowest BCUT2D eigenvalue weighted by molar-refractivity contribution is -0.137. The molecule has 1 aromatic heterocycles. The molecule has 20 heavy (non-hydrogen) atoms. The van der Waals surface area contributed by atoms with E-state index in [-0.39, 0.29) is 11.9 Å². The molecule has 0 bridgehead atoms. The number of hydrogen-bond donors (Lipinski definition) is 1. The first-order valence-electron chi connectivity index (χ1n) is 6.95. The third-order valence-electron chi connectivity index (χ3n) is 3.89. The lowest BCUT2D eigenvalue weighted by Gasteiger charge is -2.29. The highest BCUT2D eigenvalue weighted by Crippen LogP contribution is 2.33. The van der Waals surface area contributed by atoms with Gasteiger partial charge in [0.05, 0.1) is 5.56 Å². The number of anilines is 2. The van der Waals surface area contributed by atoms with Gasteiger partial charge in [0.2, 0.25) is 0 Å². The summed E-state index contributed by atoms with van der Waals surface area (Å²) in [5, 5.41) is 0. The van der Waals surface area contributed by atoms with E-state index in [9.17, 15) is 13.2 Å². The van der Waals surface area contributed by atoms with Crippen LogP contribution in [-0.2, 0) is 6.18 Å². The van der Waals surface area contributed by atoms with Gasteiger partial charge in [-0.1, -0.05) is 25.7 Å². The minimum atomic E-state index is -4.39. The fraction of sp³-hybridized carbons (Fsp3) is 0.643. The van der Waals surface area contributed by atoms with E-state index in [4.69, 9.17) is 5.73 Å². The van der Waals surface area contributed by atoms with Crippen molar-refractivity contribution in [3.8, 4) is 0 Å². The maximum absolute atomic E-state index is 12.8. The number of alkyl halides is 3. The van der Waals surface area contributed by atoms with Crippen LogP contribution >= 0.6 is 0 Å². The molecule has 1 saturated carbocycles. The summed E-state index contributed by atoms with van der Waals surface area (Å²) in [5.74, 6) is 0.222. The summed E-state index contributed by atoms with van der Waals surface area (Å²) in [6.07, 6.45) is 2.22. The SMILES string of the molecule is CN(c1cc(C(F)(F)F)cc(N)n1)C1CCCCCC1. The van der Waals surface area contributed by atoms with Gasteiger partial charge in [0.1, 0.15) is 11.6 Å². The Hall–Kier alpha value is -1.46. The molecule has 2 rings (SSSR count). The van der Waals surface area contributed by atoms with E-state index >= 15 is 0 Å². The van der Waals surface area contributed by atoms with Crippen molar-refractivity contribution >= 4 is 11.6 Å². The lowest BCUT2D eigenvalue weighted by Crippen LogP contribution is -2.32. The molecule has 0 radical (unpaired) electrons. The number of pyridine rings is 1. The number of nitrogens with zero attached hydrogens (tertiary/aromatic N) is 2. The molecule has 0 aromatic carbocycles. The van der Waals surface area contributed by atoms with Crippen molar-refractivity contribution < 1.29 is 13.2 Å². The predicted molar refractivity (Wildman–Crippen MR) is 73.5 cm³/mol. The van der Waals surface area contributed by atoms with Crippen LogP contribution in [0.3, 0.4) is 0 Å². The molecule has 1 heterocycles. The van der Waals surface area contributed by atoms with Gasteiger partial charge in [-0.25, -0.2) is 4.98 Å². The van der Waals surface area contributed by atoms with Crippen LogP contribution in [0, 0.1) is 0 Å². The molecule has 1 fully saturated rings. The van der Waals surface area contributed by atoms with Gasteiger partial charge >= 0.3 is 6.18 Å². The average Bonchev–Trinajstić information content (AvgIpc) is 2.65. The molecule has 0 unspecified atom stereocenters. The number of nitrogen functional groups attached to an aromatic ring is 1. The van der Waals surface area contributed by atoms with Crippen molar-refractivity contribution in [1.29, 1.82) is 0 Å². The Morgan fingerprint density at radius 2 is 1.75 bits per heavy atom. The second-order valence-corrected chi connectivity index (χ2v) is 5.39. The van der Waals surface area contributed by atoms with E-state index in [0.29, 0.717) is 5.82 Å². The molecule has 2 N–H and O–H groups in total. The second-order valence-electron chi connectivity index (χ2n) is 5.39. The first-order valence-corrected chi connectivity index (χ1v) is 6.95. The molecule has 0 aliphatic heterocycles. The van der Waals surface area contributed by atoms with Gasteiger partial charge in [-0.3, -0.25) is 0 Å². The monoisotopic (exact) mass is 287 g/mol. The molecular formula is C14H20F3N3. The number of halogens is 3. The summed E-state index contributed by atoms with van der Waals surface area (Å²) >= 11 is 0. The van der Waals surface area contributed by atoms with Crippen LogP contribution in [0.1, 0.15) is 44.1 Å². The molecule has 0 amide bonds. The maximum atomic E-state index is 12.8. The Kier molecular flexibility index (Phi) is 4.40. The highest BCUT2D eigenvalue weighted by molar-refractivity contribution is 5.49. The molecule has 1 aliphatic carbocycles. The van der Waals surface area contributed by atoms with E-state index in [0.717, 1.165) is 37.8 Å². The van der Waals surface area contributed by atoms with Crippen molar-refractivity contribution in [3.63, 3.8) is 0 Å². The fourth-order valence-electron chi connectivity index (χ4n) is 2.71. The zero-order chi connectivity index (χ0) is 14.8. The molecule has 1 aromatic rings. The Bertz CT molecular complexity index is 451. The third-order valence-corrected chi connectivity index (χ3v) is 3.89. The highest BCUT2D eigenvalue weighted by Gasteiger charge is 2.32. The molecule has 3 nitrogen and oxygen atoms in total. The number of aromatic nitrogens is 1. The first kappa shape index (κ1) is 14.9.